The lowest BCUT2D eigenvalue weighted by Crippen LogP contribution is -2.44. The van der Waals surface area contributed by atoms with Crippen molar-refractivity contribution in [2.45, 2.75) is 44.0 Å². The van der Waals surface area contributed by atoms with Crippen molar-refractivity contribution >= 4 is 5.97 Å². The second-order valence-electron chi connectivity index (χ2n) is 7.71. The van der Waals surface area contributed by atoms with E-state index in [4.69, 9.17) is 9.47 Å². The zero-order valence-electron chi connectivity index (χ0n) is 14.9. The third-order valence-corrected chi connectivity index (χ3v) is 6.17. The van der Waals surface area contributed by atoms with Crippen molar-refractivity contribution in [3.05, 3.63) is 71.8 Å². The van der Waals surface area contributed by atoms with Gasteiger partial charge >= 0.3 is 5.97 Å². The molecule has 2 bridgehead atoms. The minimum atomic E-state index is -0.789. The van der Waals surface area contributed by atoms with Gasteiger partial charge in [-0.3, -0.25) is 0 Å². The minimum Gasteiger partial charge on any atom is -0.445 e. The topological polar surface area (TPSA) is 35.5 Å². The lowest BCUT2D eigenvalue weighted by molar-refractivity contribution is -0.159. The van der Waals surface area contributed by atoms with E-state index in [1.807, 2.05) is 24.3 Å². The van der Waals surface area contributed by atoms with Crippen molar-refractivity contribution in [1.82, 2.24) is 0 Å². The van der Waals surface area contributed by atoms with Gasteiger partial charge < -0.3 is 9.47 Å². The van der Waals surface area contributed by atoms with Crippen LogP contribution in [0, 0.1) is 5.92 Å². The van der Waals surface area contributed by atoms with Crippen molar-refractivity contribution in [1.29, 1.82) is 0 Å². The predicted octanol–water partition coefficient (Wildman–Crippen LogP) is 4.60. The summed E-state index contributed by atoms with van der Waals surface area (Å²) < 4.78 is 12.5. The maximum absolute atomic E-state index is 12.7. The molecule has 0 aromatic heterocycles. The van der Waals surface area contributed by atoms with Crippen LogP contribution in [-0.2, 0) is 19.9 Å². The summed E-state index contributed by atoms with van der Waals surface area (Å²) in [6, 6.07) is 16.6. The molecule has 2 aliphatic heterocycles. The van der Waals surface area contributed by atoms with E-state index >= 15 is 0 Å². The summed E-state index contributed by atoms with van der Waals surface area (Å²) in [5.74, 6) is -0.200. The number of hydrogen-bond acceptors (Lipinski definition) is 3. The van der Waals surface area contributed by atoms with Gasteiger partial charge in [0.1, 0.15) is 0 Å². The lowest BCUT2D eigenvalue weighted by atomic mass is 9.71. The van der Waals surface area contributed by atoms with Crippen LogP contribution in [0.4, 0.5) is 0 Å². The van der Waals surface area contributed by atoms with Crippen LogP contribution in [0.2, 0.25) is 0 Å². The minimum absolute atomic E-state index is 0.134. The Balaban J connectivity index is 1.76. The van der Waals surface area contributed by atoms with E-state index in [1.165, 1.54) is 0 Å². The zero-order valence-corrected chi connectivity index (χ0v) is 14.9. The van der Waals surface area contributed by atoms with Gasteiger partial charge in [-0.15, -0.1) is 0 Å². The summed E-state index contributed by atoms with van der Waals surface area (Å²) in [7, 11) is 0. The molecule has 0 spiro atoms. The van der Waals surface area contributed by atoms with Gasteiger partial charge in [-0.2, -0.15) is 0 Å². The van der Waals surface area contributed by atoms with Crippen molar-refractivity contribution in [2.75, 3.05) is 0 Å². The second-order valence-corrected chi connectivity index (χ2v) is 7.71. The van der Waals surface area contributed by atoms with Crippen LogP contribution in [0.15, 0.2) is 60.7 Å². The van der Waals surface area contributed by atoms with Gasteiger partial charge in [-0.05, 0) is 37.3 Å². The molecule has 2 heterocycles. The first-order chi connectivity index (χ1) is 12.6. The molecule has 3 unspecified atom stereocenters. The summed E-state index contributed by atoms with van der Waals surface area (Å²) >= 11 is 0. The Morgan fingerprint density at radius 3 is 2.19 bits per heavy atom. The number of fused-ring (bicyclic) bond motifs is 5. The largest absolute Gasteiger partial charge is 0.445 e. The highest BCUT2D eigenvalue weighted by molar-refractivity contribution is 5.89. The number of carbonyl (C=O) groups excluding carboxylic acids is 1. The summed E-state index contributed by atoms with van der Waals surface area (Å²) in [4.78, 5) is 12.7. The van der Waals surface area contributed by atoms with Crippen LogP contribution in [-0.4, -0.2) is 18.2 Å². The molecule has 3 aliphatic rings. The van der Waals surface area contributed by atoms with Gasteiger partial charge in [0.2, 0.25) is 0 Å². The average molecular weight is 346 g/mol. The SMILES string of the molecule is C=C(C)C(=O)OC1(C2CC3CCC2O3)c2ccccc2-c2ccccc21. The number of carbonyl (C=O) groups is 1. The Labute approximate surface area is 153 Å². The van der Waals surface area contributed by atoms with E-state index in [2.05, 4.69) is 30.8 Å². The third kappa shape index (κ3) is 2.01. The van der Waals surface area contributed by atoms with Gasteiger partial charge in [-0.25, -0.2) is 4.79 Å². The molecule has 3 atom stereocenters. The average Bonchev–Trinajstić information content (AvgIpc) is 3.35. The fourth-order valence-electron chi connectivity index (χ4n) is 5.11. The fourth-order valence-corrected chi connectivity index (χ4v) is 5.11. The molecule has 2 saturated heterocycles. The van der Waals surface area contributed by atoms with Gasteiger partial charge in [0.15, 0.2) is 5.60 Å². The van der Waals surface area contributed by atoms with Crippen molar-refractivity contribution in [2.24, 2.45) is 5.92 Å². The number of rotatable bonds is 3. The number of ether oxygens (including phenoxy) is 2. The lowest BCUT2D eigenvalue weighted by Gasteiger charge is -2.40. The molecule has 5 rings (SSSR count). The van der Waals surface area contributed by atoms with Crippen LogP contribution in [0.5, 0.6) is 0 Å². The molecular weight excluding hydrogens is 324 g/mol. The van der Waals surface area contributed by atoms with E-state index in [9.17, 15) is 4.79 Å². The van der Waals surface area contributed by atoms with E-state index in [-0.39, 0.29) is 24.1 Å². The molecule has 0 N–H and O–H groups in total. The Morgan fingerprint density at radius 1 is 1.08 bits per heavy atom. The summed E-state index contributed by atoms with van der Waals surface area (Å²) in [5.41, 5.74) is 4.10. The standard InChI is InChI=1S/C23H22O3/c1-14(2)22(24)26-23(20-13-15-11-12-21(20)25-15)18-9-5-3-7-16(18)17-8-4-6-10-19(17)23/h3-10,15,20-21H,1,11-13H2,2H3. The Morgan fingerprint density at radius 2 is 1.69 bits per heavy atom. The molecule has 2 aromatic carbocycles. The Kier molecular flexibility index (Phi) is 3.38. The van der Waals surface area contributed by atoms with E-state index < -0.39 is 5.60 Å². The first-order valence-electron chi connectivity index (χ1n) is 9.35. The highest BCUT2D eigenvalue weighted by Crippen LogP contribution is 2.59. The molecule has 0 saturated carbocycles. The molecule has 132 valence electrons. The molecular formula is C23H22O3. The van der Waals surface area contributed by atoms with Crippen LogP contribution in [0.25, 0.3) is 11.1 Å². The maximum Gasteiger partial charge on any atom is 0.334 e. The first-order valence-corrected chi connectivity index (χ1v) is 9.35. The molecule has 2 aromatic rings. The van der Waals surface area contributed by atoms with E-state index in [1.54, 1.807) is 6.92 Å². The number of esters is 1. The van der Waals surface area contributed by atoms with Crippen LogP contribution in [0.1, 0.15) is 37.3 Å². The molecule has 26 heavy (non-hydrogen) atoms. The normalized spacial score (nSPS) is 27.0. The predicted molar refractivity (Wildman–Crippen MR) is 99.6 cm³/mol. The first kappa shape index (κ1) is 15.8. The van der Waals surface area contributed by atoms with Crippen molar-refractivity contribution < 1.29 is 14.3 Å². The van der Waals surface area contributed by atoms with Crippen LogP contribution >= 0.6 is 0 Å². The third-order valence-electron chi connectivity index (χ3n) is 6.17. The van der Waals surface area contributed by atoms with Crippen LogP contribution < -0.4 is 0 Å². The molecule has 3 heteroatoms. The van der Waals surface area contributed by atoms with E-state index in [0.29, 0.717) is 5.57 Å². The quantitative estimate of drug-likeness (QED) is 0.602. The highest BCUT2D eigenvalue weighted by atomic mass is 16.6. The fraction of sp³-hybridized carbons (Fsp3) is 0.348. The number of benzene rings is 2. The van der Waals surface area contributed by atoms with Crippen LogP contribution in [0.3, 0.4) is 0 Å². The van der Waals surface area contributed by atoms with Gasteiger partial charge in [0.25, 0.3) is 0 Å². The summed E-state index contributed by atoms with van der Waals surface area (Å²) in [6.45, 7) is 5.52. The monoisotopic (exact) mass is 346 g/mol. The zero-order chi connectivity index (χ0) is 17.9. The smallest absolute Gasteiger partial charge is 0.334 e. The van der Waals surface area contributed by atoms with Gasteiger partial charge in [-0.1, -0.05) is 55.1 Å². The Hall–Kier alpha value is -2.39. The van der Waals surface area contributed by atoms with E-state index in [0.717, 1.165) is 41.5 Å². The Bertz CT molecular complexity index is 868. The second kappa shape index (κ2) is 5.55. The number of hydrogen-bond donors (Lipinski definition) is 0. The van der Waals surface area contributed by atoms with Gasteiger partial charge in [0, 0.05) is 22.6 Å². The van der Waals surface area contributed by atoms with Gasteiger partial charge in [0.05, 0.1) is 12.2 Å². The van der Waals surface area contributed by atoms with Crippen molar-refractivity contribution in [3.63, 3.8) is 0 Å². The molecule has 1 aliphatic carbocycles. The molecule has 3 nitrogen and oxygen atoms in total. The maximum atomic E-state index is 12.7. The summed E-state index contributed by atoms with van der Waals surface area (Å²) in [5, 5.41) is 0. The molecule has 0 radical (unpaired) electrons. The molecule has 2 fully saturated rings. The highest BCUT2D eigenvalue weighted by Gasteiger charge is 2.59. The summed E-state index contributed by atoms with van der Waals surface area (Å²) in [6.07, 6.45) is 3.49. The van der Waals surface area contributed by atoms with Crippen molar-refractivity contribution in [3.8, 4) is 11.1 Å². The molecule has 0 amide bonds.